The maximum atomic E-state index is 13.1. The molecule has 0 aromatic heterocycles. The Morgan fingerprint density at radius 3 is 1.18 bits per heavy atom. The molecule has 0 radical (unpaired) electrons. The zero-order valence-electron chi connectivity index (χ0n) is 42.2. The van der Waals surface area contributed by atoms with E-state index in [1.165, 1.54) is 24.3 Å². The Bertz CT molecular complexity index is 2550. The van der Waals surface area contributed by atoms with Crippen molar-refractivity contribution in [2.75, 3.05) is 87.1 Å². The zero-order chi connectivity index (χ0) is 52.1. The highest BCUT2D eigenvalue weighted by molar-refractivity contribution is 7.59. The van der Waals surface area contributed by atoms with E-state index < -0.39 is 23.5 Å². The van der Waals surface area contributed by atoms with Gasteiger partial charge in [-0.25, -0.2) is 9.59 Å². The number of rotatable bonds is 10. The molecule has 4 aliphatic rings. The lowest BCUT2D eigenvalue weighted by molar-refractivity contribution is -0.138. The number of Topliss-reactive ketones (excluding diaryl/α,β-unsaturated/α-hetero) is 1. The van der Waals surface area contributed by atoms with Crippen molar-refractivity contribution in [3.63, 3.8) is 0 Å². The fourth-order valence-corrected chi connectivity index (χ4v) is 9.83. The molecule has 4 saturated heterocycles. The van der Waals surface area contributed by atoms with Gasteiger partial charge in [0, 0.05) is 97.2 Å². The van der Waals surface area contributed by atoms with Crippen molar-refractivity contribution in [3.05, 3.63) is 119 Å². The van der Waals surface area contributed by atoms with Gasteiger partial charge in [0.25, 0.3) is 11.8 Å². The van der Waals surface area contributed by atoms with Crippen LogP contribution in [-0.4, -0.2) is 175 Å². The highest BCUT2D eigenvalue weighted by atomic mass is 32.1. The molecule has 0 bridgehead atoms. The normalized spacial score (nSPS) is 19.1. The predicted molar refractivity (Wildman–Crippen MR) is 295 cm³/mol. The fourth-order valence-electron chi connectivity index (χ4n) is 9.83. The molecule has 21 heteroatoms. The number of urea groups is 2. The van der Waals surface area contributed by atoms with Gasteiger partial charge in [-0.1, -0.05) is 63.4 Å². The second-order valence-electron chi connectivity index (χ2n) is 19.2. The number of hydrogen-bond donors (Lipinski definition) is 1. The van der Waals surface area contributed by atoms with Crippen LogP contribution < -0.4 is 5.32 Å². The van der Waals surface area contributed by atoms with Crippen molar-refractivity contribution in [2.24, 2.45) is 0 Å². The standard InChI is InChI=1S/C28H33F3N4O3.C25H29F3N4O2.2CH4.2H2S/c1-19(36)16-34-14-12-24(17-34)33(3)27(38)35-15-13-25(18-35)32(2)26(37)22-6-4-20(5-7-22)21-8-10-23(11-9-21)28(29,30)31;1-30(22-12-14-32(16-22)24(34)31(2)21-11-13-29-15-21)23(33)19-5-3-17(4-6-19)18-7-9-20(10-8-18)25(26,27)28;;;;/h4-11,24-25H,12-18H2,1-3H3;3-10,21-22,29H,11-16H2,1-2H3;2*1H4;2*1H2/t24-,25+;21-,22+;;;;/m11..../s1. The van der Waals surface area contributed by atoms with Gasteiger partial charge in [0.2, 0.25) is 0 Å². The van der Waals surface area contributed by atoms with Crippen molar-refractivity contribution in [1.82, 2.24) is 39.6 Å². The average Bonchev–Trinajstić information content (AvgIpc) is 4.24. The van der Waals surface area contributed by atoms with E-state index in [0.29, 0.717) is 79.9 Å². The number of carbonyl (C=O) groups excluding carboxylic acids is 5. The number of nitrogens with one attached hydrogen (secondary N) is 1. The quantitative estimate of drug-likeness (QED) is 0.157. The summed E-state index contributed by atoms with van der Waals surface area (Å²) in [4.78, 5) is 76.1. The summed E-state index contributed by atoms with van der Waals surface area (Å²) >= 11 is 0. The summed E-state index contributed by atoms with van der Waals surface area (Å²) in [5.74, 6) is -0.206. The molecule has 76 heavy (non-hydrogen) atoms. The maximum absolute atomic E-state index is 13.1. The Hall–Kier alpha value is -5.77. The molecular weight excluding hydrogens is 1030 g/mol. The highest BCUT2D eigenvalue weighted by Crippen LogP contribution is 2.33. The maximum Gasteiger partial charge on any atom is 0.416 e. The van der Waals surface area contributed by atoms with Crippen LogP contribution >= 0.6 is 27.0 Å². The monoisotopic (exact) mass is 1100 g/mol. The first-order valence-corrected chi connectivity index (χ1v) is 24.1. The molecule has 4 aromatic carbocycles. The van der Waals surface area contributed by atoms with Gasteiger partial charge in [0.05, 0.1) is 29.8 Å². The number of likely N-dealkylation sites (N-methyl/N-ethyl adjacent to an activating group) is 4. The molecule has 0 saturated carbocycles. The Morgan fingerprint density at radius 1 is 0.500 bits per heavy atom. The third-order valence-corrected chi connectivity index (χ3v) is 14.4. The second kappa shape index (κ2) is 27.5. The second-order valence-corrected chi connectivity index (χ2v) is 19.2. The molecule has 4 aromatic rings. The van der Waals surface area contributed by atoms with Crippen LogP contribution in [-0.2, 0) is 17.1 Å². The van der Waals surface area contributed by atoms with Gasteiger partial charge in [-0.3, -0.25) is 19.3 Å². The summed E-state index contributed by atoms with van der Waals surface area (Å²) in [7, 11) is 7.10. The fraction of sp³-hybridized carbons (Fsp3) is 0.473. The van der Waals surface area contributed by atoms with Gasteiger partial charge in [-0.2, -0.15) is 53.3 Å². The van der Waals surface area contributed by atoms with Gasteiger partial charge in [-0.05, 0) is 110 Å². The average molecular weight is 1110 g/mol. The van der Waals surface area contributed by atoms with Gasteiger partial charge < -0.3 is 34.7 Å². The van der Waals surface area contributed by atoms with E-state index in [0.717, 1.165) is 62.3 Å². The van der Waals surface area contributed by atoms with Crippen molar-refractivity contribution in [2.45, 2.75) is 84.0 Å². The molecule has 4 aliphatic heterocycles. The summed E-state index contributed by atoms with van der Waals surface area (Å²) in [5, 5.41) is 3.27. The summed E-state index contributed by atoms with van der Waals surface area (Å²) in [5.41, 5.74) is 2.29. The minimum absolute atomic E-state index is 0. The van der Waals surface area contributed by atoms with Crippen molar-refractivity contribution in [1.29, 1.82) is 0 Å². The molecule has 8 rings (SSSR count). The first-order valence-electron chi connectivity index (χ1n) is 24.1. The van der Waals surface area contributed by atoms with Crippen LogP contribution in [0.2, 0.25) is 0 Å². The number of halogens is 6. The van der Waals surface area contributed by atoms with Crippen LogP contribution in [0.3, 0.4) is 0 Å². The van der Waals surface area contributed by atoms with E-state index in [2.05, 4.69) is 10.2 Å². The van der Waals surface area contributed by atoms with Crippen LogP contribution in [0.4, 0.5) is 35.9 Å². The lowest BCUT2D eigenvalue weighted by atomic mass is 10.0. The molecule has 0 spiro atoms. The van der Waals surface area contributed by atoms with Crippen LogP contribution in [0.5, 0.6) is 0 Å². The smallest absolute Gasteiger partial charge is 0.337 e. The van der Waals surface area contributed by atoms with E-state index in [1.807, 2.05) is 7.05 Å². The van der Waals surface area contributed by atoms with Gasteiger partial charge in [-0.15, -0.1) is 0 Å². The summed E-state index contributed by atoms with van der Waals surface area (Å²) < 4.78 is 76.8. The summed E-state index contributed by atoms with van der Waals surface area (Å²) in [6, 6.07) is 23.5. The molecule has 4 atom stereocenters. The summed E-state index contributed by atoms with van der Waals surface area (Å²) in [6.07, 6.45) is -5.60. The van der Waals surface area contributed by atoms with E-state index >= 15 is 0 Å². The van der Waals surface area contributed by atoms with Crippen LogP contribution in [0.25, 0.3) is 22.3 Å². The molecule has 6 amide bonds. The lowest BCUT2D eigenvalue weighted by Gasteiger charge is -2.30. The third-order valence-electron chi connectivity index (χ3n) is 14.4. The summed E-state index contributed by atoms with van der Waals surface area (Å²) in [6.45, 7) is 7.27. The Morgan fingerprint density at radius 2 is 0.842 bits per heavy atom. The van der Waals surface area contributed by atoms with E-state index in [9.17, 15) is 50.3 Å². The topological polar surface area (TPSA) is 120 Å². The van der Waals surface area contributed by atoms with Crippen LogP contribution in [0.1, 0.15) is 79.3 Å². The first-order chi connectivity index (χ1) is 34.1. The molecule has 13 nitrogen and oxygen atoms in total. The number of nitrogens with zero attached hydrogens (tertiary/aromatic N) is 7. The van der Waals surface area contributed by atoms with Crippen LogP contribution in [0.15, 0.2) is 97.1 Å². The van der Waals surface area contributed by atoms with Crippen molar-refractivity contribution in [3.8, 4) is 22.3 Å². The number of carbonyl (C=O) groups is 5. The Kier molecular flexibility index (Phi) is 23.4. The number of alkyl halides is 6. The largest absolute Gasteiger partial charge is 0.416 e. The lowest BCUT2D eigenvalue weighted by Crippen LogP contribution is -2.47. The molecule has 0 aliphatic carbocycles. The van der Waals surface area contributed by atoms with Gasteiger partial charge in [0.1, 0.15) is 5.78 Å². The SMILES string of the molecule is C.C.CC(=O)CN1CC[C@@H](N(C)C(=O)N2CC[C@H](N(C)C(=O)c3ccc(-c4ccc(C(F)(F)F)cc4)cc3)C2)C1.CN(C(=O)c1ccc(-c2ccc(C(F)(F)F)cc2)cc1)[C@H]1CCN(C(=O)N(C)[C@@H]2CCNC2)C1.S.S. The van der Waals surface area contributed by atoms with Gasteiger partial charge >= 0.3 is 24.4 Å². The molecule has 1 N–H and O–H groups in total. The number of amides is 6. The number of hydrogen-bond acceptors (Lipinski definition) is 7. The highest BCUT2D eigenvalue weighted by Gasteiger charge is 2.38. The zero-order valence-corrected chi connectivity index (χ0v) is 44.2. The van der Waals surface area contributed by atoms with E-state index in [4.69, 9.17) is 0 Å². The molecule has 418 valence electrons. The minimum Gasteiger partial charge on any atom is -0.337 e. The number of benzene rings is 4. The van der Waals surface area contributed by atoms with Crippen LogP contribution in [0, 0.1) is 0 Å². The van der Waals surface area contributed by atoms with E-state index in [1.54, 1.807) is 106 Å². The molecule has 0 unspecified atom stereocenters. The third kappa shape index (κ3) is 15.7. The number of likely N-dealkylation sites (tertiary alicyclic amines) is 3. The van der Waals surface area contributed by atoms with Gasteiger partial charge in [0.15, 0.2) is 0 Å². The molecular formula is C55H74F6N8O5S2. The number of ketones is 1. The van der Waals surface area contributed by atoms with E-state index in [-0.39, 0.29) is 95.7 Å². The molecule has 4 fully saturated rings. The van der Waals surface area contributed by atoms with Crippen molar-refractivity contribution >= 4 is 56.7 Å². The predicted octanol–water partition coefficient (Wildman–Crippen LogP) is 9.66. The first kappa shape index (κ1) is 64.5. The van der Waals surface area contributed by atoms with Crippen molar-refractivity contribution < 1.29 is 50.3 Å². The Labute approximate surface area is 457 Å². The Balaban J connectivity index is 0.000000382. The minimum atomic E-state index is -4.39. The molecule has 4 heterocycles.